The fraction of sp³-hybridized carbons (Fsp3) is 0.407. The van der Waals surface area contributed by atoms with Crippen molar-refractivity contribution in [2.45, 2.75) is 49.4 Å². The van der Waals surface area contributed by atoms with Gasteiger partial charge in [0, 0.05) is 11.5 Å². The van der Waals surface area contributed by atoms with Gasteiger partial charge in [0.1, 0.15) is 17.8 Å². The Hall–Kier alpha value is -3.17. The second-order valence-corrected chi connectivity index (χ2v) is 9.97. The van der Waals surface area contributed by atoms with Gasteiger partial charge in [-0.1, -0.05) is 60.7 Å². The van der Waals surface area contributed by atoms with Crippen LogP contribution in [0.15, 0.2) is 60.7 Å². The number of carbonyl (C=O) groups is 1. The van der Waals surface area contributed by atoms with Gasteiger partial charge in [-0.2, -0.15) is 18.3 Å². The quantitative estimate of drug-likeness (QED) is 0.548. The molecule has 2 unspecified atom stereocenters. The Morgan fingerprint density at radius 3 is 2.06 bits per heavy atom. The van der Waals surface area contributed by atoms with E-state index in [1.807, 2.05) is 67.7 Å². The maximum Gasteiger partial charge on any atom is 0.399 e. The van der Waals surface area contributed by atoms with Crippen LogP contribution >= 0.6 is 0 Å². The lowest BCUT2D eigenvalue weighted by Crippen LogP contribution is -2.54. The number of aliphatic hydroxyl groups is 1. The van der Waals surface area contributed by atoms with Crippen LogP contribution in [0.25, 0.3) is 0 Å². The van der Waals surface area contributed by atoms with E-state index in [4.69, 9.17) is 5.10 Å². The van der Waals surface area contributed by atoms with E-state index in [2.05, 4.69) is 10.2 Å². The maximum atomic E-state index is 14.6. The molecular formula is C27H29F3N4O2. The number of carbonyl (C=O) groups excluding carboxylic acids is 1. The number of hydrogen-bond donors (Lipinski definition) is 2. The molecule has 0 saturated carbocycles. The molecule has 2 atom stereocenters. The molecule has 1 amide bonds. The summed E-state index contributed by atoms with van der Waals surface area (Å²) < 4.78 is 45.2. The Morgan fingerprint density at radius 1 is 1.03 bits per heavy atom. The van der Waals surface area contributed by atoms with Gasteiger partial charge in [0.15, 0.2) is 5.60 Å². The zero-order chi connectivity index (χ0) is 25.7. The summed E-state index contributed by atoms with van der Waals surface area (Å²) in [5, 5.41) is 18.3. The highest BCUT2D eigenvalue weighted by Gasteiger charge is 2.60. The van der Waals surface area contributed by atoms with Gasteiger partial charge in [0.25, 0.3) is 5.91 Å². The summed E-state index contributed by atoms with van der Waals surface area (Å²) in [5.41, 5.74) is -0.844. The van der Waals surface area contributed by atoms with Crippen molar-refractivity contribution in [3.05, 3.63) is 83.0 Å². The molecule has 0 aliphatic carbocycles. The number of rotatable bonds is 4. The first-order valence-corrected chi connectivity index (χ1v) is 12.1. The van der Waals surface area contributed by atoms with E-state index >= 15 is 0 Å². The van der Waals surface area contributed by atoms with Gasteiger partial charge in [-0.25, -0.2) is 4.68 Å². The number of nitrogens with one attached hydrogen (secondary N) is 1. The number of aromatic nitrogens is 2. The molecule has 5 rings (SSSR count). The highest BCUT2D eigenvalue weighted by Crippen LogP contribution is 2.52. The van der Waals surface area contributed by atoms with E-state index in [0.29, 0.717) is 18.5 Å². The number of halogens is 3. The minimum Gasteiger partial charge on any atom is -0.379 e. The first kappa shape index (κ1) is 24.5. The monoisotopic (exact) mass is 498 g/mol. The lowest BCUT2D eigenvalue weighted by molar-refractivity contribution is -0.196. The molecular weight excluding hydrogens is 469 g/mol. The Labute approximate surface area is 207 Å². The fourth-order valence-electron chi connectivity index (χ4n) is 5.52. The van der Waals surface area contributed by atoms with Crippen molar-refractivity contribution in [3.63, 3.8) is 0 Å². The minimum absolute atomic E-state index is 0.000448. The number of nitrogens with zero attached hydrogens (tertiary/aromatic N) is 3. The average Bonchev–Trinajstić information content (AvgIpc) is 3.18. The van der Waals surface area contributed by atoms with Crippen LogP contribution in [0.4, 0.5) is 19.0 Å². The standard InChI is InChI=1S/C27H29F3N4O2/c1-26(36)23(27(28,29)30)20-21(17-13-15-33(2)16-14-17)32-34(24(20)31-25(26)35)22(18-9-5-3-6-10-18)19-11-7-4-8-12-19/h3-12,17,22-23,36H,13-16H2,1-2H3,(H,31,35). The van der Waals surface area contributed by atoms with Gasteiger partial charge < -0.3 is 15.3 Å². The molecule has 0 radical (unpaired) electrons. The molecule has 1 saturated heterocycles. The van der Waals surface area contributed by atoms with Crippen molar-refractivity contribution in [3.8, 4) is 0 Å². The zero-order valence-electron chi connectivity index (χ0n) is 20.2. The van der Waals surface area contributed by atoms with E-state index in [0.717, 1.165) is 31.1 Å². The van der Waals surface area contributed by atoms with Crippen molar-refractivity contribution in [2.75, 3.05) is 25.5 Å². The number of alkyl halides is 3. The SMILES string of the molecule is CN1CCC(c2nn(C(c3ccccc3)c3ccccc3)c3c2C(C(F)(F)F)C(C)(O)C(=O)N3)CC1. The van der Waals surface area contributed by atoms with Gasteiger partial charge in [-0.15, -0.1) is 0 Å². The second-order valence-electron chi connectivity index (χ2n) is 9.97. The second kappa shape index (κ2) is 9.05. The van der Waals surface area contributed by atoms with Gasteiger partial charge >= 0.3 is 6.18 Å². The highest BCUT2D eigenvalue weighted by molar-refractivity contribution is 6.00. The van der Waals surface area contributed by atoms with Gasteiger partial charge in [-0.3, -0.25) is 4.79 Å². The predicted octanol–water partition coefficient (Wildman–Crippen LogP) is 4.68. The van der Waals surface area contributed by atoms with Crippen LogP contribution in [-0.2, 0) is 4.79 Å². The van der Waals surface area contributed by atoms with E-state index in [1.54, 1.807) is 0 Å². The van der Waals surface area contributed by atoms with Crippen LogP contribution < -0.4 is 5.32 Å². The van der Waals surface area contributed by atoms with Crippen LogP contribution in [0, 0.1) is 0 Å². The van der Waals surface area contributed by atoms with E-state index in [-0.39, 0.29) is 17.3 Å². The van der Waals surface area contributed by atoms with Gasteiger partial charge in [-0.05, 0) is 51.0 Å². The Balaban J connectivity index is 1.78. The fourth-order valence-corrected chi connectivity index (χ4v) is 5.52. The summed E-state index contributed by atoms with van der Waals surface area (Å²) in [7, 11) is 1.98. The normalized spacial score (nSPS) is 23.5. The number of anilines is 1. The van der Waals surface area contributed by atoms with Crippen molar-refractivity contribution < 1.29 is 23.1 Å². The minimum atomic E-state index is -4.85. The molecule has 3 heterocycles. The largest absolute Gasteiger partial charge is 0.399 e. The van der Waals surface area contributed by atoms with Crippen LogP contribution in [0.2, 0.25) is 0 Å². The van der Waals surface area contributed by atoms with Crippen molar-refractivity contribution >= 4 is 11.7 Å². The Bertz CT molecular complexity index is 1190. The number of fused-ring (bicyclic) bond motifs is 1. The summed E-state index contributed by atoms with van der Waals surface area (Å²) >= 11 is 0. The molecule has 2 aromatic carbocycles. The lowest BCUT2D eigenvalue weighted by atomic mass is 9.76. The van der Waals surface area contributed by atoms with Crippen molar-refractivity contribution in [1.29, 1.82) is 0 Å². The van der Waals surface area contributed by atoms with Crippen LogP contribution in [0.3, 0.4) is 0 Å². The number of benzene rings is 2. The molecule has 9 heteroatoms. The molecule has 3 aromatic rings. The molecule has 190 valence electrons. The van der Waals surface area contributed by atoms with Crippen LogP contribution in [-0.4, -0.2) is 57.6 Å². The lowest BCUT2D eigenvalue weighted by Gasteiger charge is -2.38. The Morgan fingerprint density at radius 2 is 1.56 bits per heavy atom. The van der Waals surface area contributed by atoms with Crippen LogP contribution in [0.1, 0.15) is 60.0 Å². The van der Waals surface area contributed by atoms with Crippen molar-refractivity contribution in [2.24, 2.45) is 0 Å². The molecule has 2 N–H and O–H groups in total. The number of amides is 1. The summed E-state index contributed by atoms with van der Waals surface area (Å²) in [6.45, 7) is 2.39. The molecule has 0 bridgehead atoms. The highest BCUT2D eigenvalue weighted by atomic mass is 19.4. The first-order valence-electron chi connectivity index (χ1n) is 12.1. The topological polar surface area (TPSA) is 70.4 Å². The van der Waals surface area contributed by atoms with Crippen molar-refractivity contribution in [1.82, 2.24) is 14.7 Å². The summed E-state index contributed by atoms with van der Waals surface area (Å²) in [6, 6.07) is 18.2. The van der Waals surface area contributed by atoms with Gasteiger partial charge in [0.2, 0.25) is 0 Å². The van der Waals surface area contributed by atoms with E-state index < -0.39 is 29.6 Å². The predicted molar refractivity (Wildman–Crippen MR) is 130 cm³/mol. The van der Waals surface area contributed by atoms with Gasteiger partial charge in [0.05, 0.1) is 5.69 Å². The smallest absolute Gasteiger partial charge is 0.379 e. The Kier molecular flexibility index (Phi) is 6.16. The molecule has 0 spiro atoms. The average molecular weight is 499 g/mol. The van der Waals surface area contributed by atoms with E-state index in [1.165, 1.54) is 4.68 Å². The molecule has 2 aliphatic heterocycles. The summed E-state index contributed by atoms with van der Waals surface area (Å²) in [5.74, 6) is -3.70. The third kappa shape index (κ3) is 4.20. The summed E-state index contributed by atoms with van der Waals surface area (Å²) in [6.07, 6.45) is -3.57. The van der Waals surface area contributed by atoms with E-state index in [9.17, 15) is 23.1 Å². The van der Waals surface area contributed by atoms with Crippen LogP contribution in [0.5, 0.6) is 0 Å². The third-order valence-electron chi connectivity index (χ3n) is 7.43. The summed E-state index contributed by atoms with van der Waals surface area (Å²) in [4.78, 5) is 15.0. The first-order chi connectivity index (χ1) is 17.1. The zero-order valence-corrected chi connectivity index (χ0v) is 20.2. The molecule has 1 fully saturated rings. The third-order valence-corrected chi connectivity index (χ3v) is 7.43. The molecule has 6 nitrogen and oxygen atoms in total. The maximum absolute atomic E-state index is 14.6. The molecule has 2 aliphatic rings. The number of hydrogen-bond acceptors (Lipinski definition) is 4. The number of likely N-dealkylation sites (tertiary alicyclic amines) is 1. The number of piperidine rings is 1. The molecule has 36 heavy (non-hydrogen) atoms. The molecule has 1 aromatic heterocycles.